The molecule has 1 aliphatic rings. The molecule has 0 aromatic heterocycles. The normalized spacial score (nSPS) is 18.7. The Balaban J connectivity index is 2.40. The van der Waals surface area contributed by atoms with Crippen LogP contribution in [0, 0.1) is 5.41 Å². The molecule has 0 amide bonds. The number of nitrogens with zero attached hydrogens (tertiary/aromatic N) is 1. The van der Waals surface area contributed by atoms with Crippen LogP contribution in [-0.2, 0) is 10.2 Å². The highest BCUT2D eigenvalue weighted by Crippen LogP contribution is 2.36. The van der Waals surface area contributed by atoms with Gasteiger partial charge in [-0.1, -0.05) is 30.3 Å². The Morgan fingerprint density at radius 3 is 2.29 bits per heavy atom. The van der Waals surface area contributed by atoms with Crippen LogP contribution >= 0.6 is 0 Å². The highest BCUT2D eigenvalue weighted by molar-refractivity contribution is 5.90. The molecule has 0 aliphatic carbocycles. The first-order valence-electron chi connectivity index (χ1n) is 6.06. The highest BCUT2D eigenvalue weighted by atomic mass is 16.5. The van der Waals surface area contributed by atoms with Crippen LogP contribution in [0.15, 0.2) is 30.3 Å². The van der Waals surface area contributed by atoms with Crippen molar-refractivity contribution in [3.05, 3.63) is 35.9 Å². The zero-order valence-electron chi connectivity index (χ0n) is 10.6. The Hall–Kier alpha value is -1.35. The van der Waals surface area contributed by atoms with E-state index >= 15 is 0 Å². The van der Waals surface area contributed by atoms with Crippen molar-refractivity contribution in [2.75, 3.05) is 27.3 Å². The third kappa shape index (κ3) is 2.20. The van der Waals surface area contributed by atoms with Gasteiger partial charge in [0.05, 0.1) is 5.41 Å². The number of nitrogens with one attached hydrogen (secondary N) is 1. The van der Waals surface area contributed by atoms with Crippen molar-refractivity contribution >= 4 is 5.84 Å². The van der Waals surface area contributed by atoms with Gasteiger partial charge in [0.1, 0.15) is 5.84 Å². The van der Waals surface area contributed by atoms with Crippen LogP contribution in [0.5, 0.6) is 0 Å². The van der Waals surface area contributed by atoms with Crippen LogP contribution in [0.2, 0.25) is 0 Å². The summed E-state index contributed by atoms with van der Waals surface area (Å²) in [5.41, 5.74) is 1.07. The van der Waals surface area contributed by atoms with Gasteiger partial charge in [-0.2, -0.15) is 0 Å². The summed E-state index contributed by atoms with van der Waals surface area (Å²) in [6, 6.07) is 10.4. The Morgan fingerprint density at radius 2 is 1.76 bits per heavy atom. The van der Waals surface area contributed by atoms with Gasteiger partial charge in [-0.3, -0.25) is 5.41 Å². The molecule has 1 fully saturated rings. The Labute approximate surface area is 103 Å². The summed E-state index contributed by atoms with van der Waals surface area (Å²) in [4.78, 5) is 1.92. The molecule has 1 aromatic rings. The Kier molecular flexibility index (Phi) is 3.48. The molecule has 0 unspecified atom stereocenters. The molecule has 0 saturated carbocycles. The van der Waals surface area contributed by atoms with E-state index in [-0.39, 0.29) is 5.41 Å². The summed E-state index contributed by atoms with van der Waals surface area (Å²) in [5, 5.41) is 8.39. The smallest absolute Gasteiger partial charge is 0.106 e. The number of hydrogen-bond donors (Lipinski definition) is 1. The van der Waals surface area contributed by atoms with E-state index < -0.39 is 0 Å². The van der Waals surface area contributed by atoms with E-state index in [1.807, 2.05) is 25.1 Å². The maximum atomic E-state index is 8.39. The topological polar surface area (TPSA) is 36.3 Å². The van der Waals surface area contributed by atoms with Crippen molar-refractivity contribution in [2.45, 2.75) is 18.3 Å². The number of rotatable bonds is 2. The van der Waals surface area contributed by atoms with Gasteiger partial charge in [0.15, 0.2) is 0 Å². The maximum absolute atomic E-state index is 8.39. The minimum atomic E-state index is -0.164. The molecule has 92 valence electrons. The van der Waals surface area contributed by atoms with E-state index in [4.69, 9.17) is 10.1 Å². The summed E-state index contributed by atoms with van der Waals surface area (Å²) in [7, 11) is 3.89. The van der Waals surface area contributed by atoms with Crippen LogP contribution in [0.25, 0.3) is 0 Å². The molecule has 1 heterocycles. The van der Waals surface area contributed by atoms with Gasteiger partial charge < -0.3 is 9.64 Å². The molecule has 1 aliphatic heterocycles. The molecule has 1 aromatic carbocycles. The molecule has 0 bridgehead atoms. The molecule has 3 nitrogen and oxygen atoms in total. The molecule has 17 heavy (non-hydrogen) atoms. The van der Waals surface area contributed by atoms with Gasteiger partial charge in [0.25, 0.3) is 0 Å². The second-order valence-electron chi connectivity index (χ2n) is 4.80. The summed E-state index contributed by atoms with van der Waals surface area (Å²) < 4.78 is 5.46. The first-order chi connectivity index (χ1) is 8.17. The van der Waals surface area contributed by atoms with Gasteiger partial charge in [-0.05, 0) is 18.4 Å². The van der Waals surface area contributed by atoms with Gasteiger partial charge in [-0.15, -0.1) is 0 Å². The third-order valence-corrected chi connectivity index (χ3v) is 3.57. The predicted octanol–water partition coefficient (Wildman–Crippen LogP) is 2.27. The molecule has 0 atom stereocenters. The fourth-order valence-electron chi connectivity index (χ4n) is 2.57. The Bertz CT molecular complexity index is 380. The summed E-state index contributed by atoms with van der Waals surface area (Å²) in [6.45, 7) is 1.48. The van der Waals surface area contributed by atoms with E-state index in [0.717, 1.165) is 26.1 Å². The first-order valence-corrected chi connectivity index (χ1v) is 6.06. The number of ether oxygens (including phenoxy) is 1. The summed E-state index contributed by atoms with van der Waals surface area (Å²) in [5.74, 6) is 0.687. The van der Waals surface area contributed by atoms with Crippen LogP contribution in [0.4, 0.5) is 0 Å². The van der Waals surface area contributed by atoms with Crippen molar-refractivity contribution in [1.29, 1.82) is 5.41 Å². The lowest BCUT2D eigenvalue weighted by Gasteiger charge is -2.40. The third-order valence-electron chi connectivity index (χ3n) is 3.57. The monoisotopic (exact) mass is 232 g/mol. The van der Waals surface area contributed by atoms with Crippen molar-refractivity contribution in [2.24, 2.45) is 0 Å². The predicted molar refractivity (Wildman–Crippen MR) is 69.6 cm³/mol. The molecule has 1 saturated heterocycles. The van der Waals surface area contributed by atoms with E-state index in [2.05, 4.69) is 24.3 Å². The number of hydrogen-bond acceptors (Lipinski definition) is 2. The van der Waals surface area contributed by atoms with Gasteiger partial charge in [-0.25, -0.2) is 0 Å². The summed E-state index contributed by atoms with van der Waals surface area (Å²) >= 11 is 0. The van der Waals surface area contributed by atoms with Crippen LogP contribution in [0.1, 0.15) is 18.4 Å². The Morgan fingerprint density at radius 1 is 1.18 bits per heavy atom. The van der Waals surface area contributed by atoms with Crippen molar-refractivity contribution in [1.82, 2.24) is 4.90 Å². The quantitative estimate of drug-likeness (QED) is 0.627. The molecule has 3 heteroatoms. The minimum Gasteiger partial charge on any atom is -0.381 e. The second kappa shape index (κ2) is 4.88. The summed E-state index contributed by atoms with van der Waals surface area (Å²) in [6.07, 6.45) is 1.79. The van der Waals surface area contributed by atoms with Crippen molar-refractivity contribution in [3.8, 4) is 0 Å². The van der Waals surface area contributed by atoms with E-state index in [1.54, 1.807) is 0 Å². The fraction of sp³-hybridized carbons (Fsp3) is 0.500. The number of benzene rings is 1. The zero-order valence-corrected chi connectivity index (χ0v) is 10.6. The van der Waals surface area contributed by atoms with Crippen molar-refractivity contribution in [3.63, 3.8) is 0 Å². The minimum absolute atomic E-state index is 0.164. The highest BCUT2D eigenvalue weighted by Gasteiger charge is 2.39. The molecular weight excluding hydrogens is 212 g/mol. The average Bonchev–Trinajstić information content (AvgIpc) is 2.39. The maximum Gasteiger partial charge on any atom is 0.106 e. The first kappa shape index (κ1) is 12.1. The lowest BCUT2D eigenvalue weighted by Crippen LogP contribution is -2.47. The van der Waals surface area contributed by atoms with E-state index in [9.17, 15) is 0 Å². The lowest BCUT2D eigenvalue weighted by molar-refractivity contribution is 0.0678. The molecular formula is C14H20N2O. The molecule has 0 radical (unpaired) electrons. The van der Waals surface area contributed by atoms with E-state index in [1.165, 1.54) is 5.56 Å². The van der Waals surface area contributed by atoms with Crippen molar-refractivity contribution < 1.29 is 4.74 Å². The molecule has 1 N–H and O–H groups in total. The number of likely N-dealkylation sites (N-methyl/N-ethyl adjacent to an activating group) is 1. The van der Waals surface area contributed by atoms with Crippen LogP contribution < -0.4 is 0 Å². The lowest BCUT2D eigenvalue weighted by atomic mass is 9.72. The van der Waals surface area contributed by atoms with E-state index in [0.29, 0.717) is 5.84 Å². The van der Waals surface area contributed by atoms with Gasteiger partial charge in [0, 0.05) is 27.3 Å². The largest absolute Gasteiger partial charge is 0.381 e. The average molecular weight is 232 g/mol. The molecule has 2 rings (SSSR count). The SMILES string of the molecule is CN(C)C(=N)C1(c2ccccc2)CCOCC1. The van der Waals surface area contributed by atoms with Crippen LogP contribution in [0.3, 0.4) is 0 Å². The van der Waals surface area contributed by atoms with Gasteiger partial charge in [0.2, 0.25) is 0 Å². The second-order valence-corrected chi connectivity index (χ2v) is 4.80. The number of amidine groups is 1. The van der Waals surface area contributed by atoms with Gasteiger partial charge >= 0.3 is 0 Å². The zero-order chi connectivity index (χ0) is 12.3. The standard InChI is InChI=1S/C14H20N2O/c1-16(2)13(15)14(8-10-17-11-9-14)12-6-4-3-5-7-12/h3-7,15H,8-11H2,1-2H3. The van der Waals surface area contributed by atoms with Crippen LogP contribution in [-0.4, -0.2) is 38.0 Å². The molecule has 0 spiro atoms. The fourth-order valence-corrected chi connectivity index (χ4v) is 2.57.